The highest BCUT2D eigenvalue weighted by atomic mass is 16.3. The minimum absolute atomic E-state index is 0.168. The van der Waals surface area contributed by atoms with Crippen molar-refractivity contribution in [3.05, 3.63) is 53.1 Å². The third-order valence-corrected chi connectivity index (χ3v) is 3.75. The summed E-state index contributed by atoms with van der Waals surface area (Å²) in [5.41, 5.74) is 9.09. The topological polar surface area (TPSA) is 86.8 Å². The number of aromatic hydroxyl groups is 2. The molecule has 0 atom stereocenters. The fourth-order valence-corrected chi connectivity index (χ4v) is 2.59. The van der Waals surface area contributed by atoms with Gasteiger partial charge in [0, 0.05) is 24.3 Å². The lowest BCUT2D eigenvalue weighted by Gasteiger charge is -2.29. The van der Waals surface area contributed by atoms with Crippen molar-refractivity contribution < 1.29 is 15.0 Å². The van der Waals surface area contributed by atoms with Crippen molar-refractivity contribution >= 4 is 11.6 Å². The Morgan fingerprint density at radius 1 is 1.05 bits per heavy atom. The molecule has 5 heteroatoms. The van der Waals surface area contributed by atoms with Crippen LogP contribution in [0.4, 0.5) is 5.69 Å². The Morgan fingerprint density at radius 3 is 2.62 bits per heavy atom. The molecule has 2 aromatic rings. The molecule has 5 nitrogen and oxygen atoms in total. The summed E-state index contributed by atoms with van der Waals surface area (Å²) in [5, 5.41) is 18.8. The van der Waals surface area contributed by atoms with Crippen LogP contribution in [0.5, 0.6) is 11.5 Å². The summed E-state index contributed by atoms with van der Waals surface area (Å²) < 4.78 is 0. The Labute approximate surface area is 122 Å². The van der Waals surface area contributed by atoms with Crippen molar-refractivity contribution in [2.45, 2.75) is 13.0 Å². The number of carbonyl (C=O) groups excluding carboxylic acids is 1. The van der Waals surface area contributed by atoms with Crippen LogP contribution < -0.4 is 5.73 Å². The molecule has 0 aliphatic carbocycles. The minimum atomic E-state index is -0.289. The van der Waals surface area contributed by atoms with E-state index < -0.39 is 0 Å². The van der Waals surface area contributed by atoms with Crippen molar-refractivity contribution in [1.29, 1.82) is 0 Å². The number of nitrogens with two attached hydrogens (primary N) is 1. The van der Waals surface area contributed by atoms with Crippen LogP contribution in [0, 0.1) is 0 Å². The Kier molecular flexibility index (Phi) is 3.17. The number of nitrogens with zero attached hydrogens (tertiary/aromatic N) is 1. The number of carbonyl (C=O) groups is 1. The summed E-state index contributed by atoms with van der Waals surface area (Å²) in [4.78, 5) is 14.2. The van der Waals surface area contributed by atoms with Gasteiger partial charge in [0.15, 0.2) is 11.5 Å². The van der Waals surface area contributed by atoms with E-state index in [2.05, 4.69) is 0 Å². The third-order valence-electron chi connectivity index (χ3n) is 3.75. The van der Waals surface area contributed by atoms with E-state index in [9.17, 15) is 15.0 Å². The normalized spacial score (nSPS) is 13.8. The molecule has 0 fully saturated rings. The molecule has 108 valence electrons. The van der Waals surface area contributed by atoms with E-state index in [1.165, 1.54) is 23.8 Å². The van der Waals surface area contributed by atoms with Gasteiger partial charge in [0.2, 0.25) is 0 Å². The molecular weight excluding hydrogens is 268 g/mol. The van der Waals surface area contributed by atoms with Gasteiger partial charge >= 0.3 is 0 Å². The van der Waals surface area contributed by atoms with E-state index in [0.717, 1.165) is 12.0 Å². The van der Waals surface area contributed by atoms with Crippen LogP contribution in [0.3, 0.4) is 0 Å². The van der Waals surface area contributed by atoms with E-state index in [1.807, 2.05) is 18.2 Å². The first-order valence-electron chi connectivity index (χ1n) is 6.73. The summed E-state index contributed by atoms with van der Waals surface area (Å²) in [6.45, 7) is 1.12. The maximum absolute atomic E-state index is 12.5. The van der Waals surface area contributed by atoms with E-state index in [1.54, 1.807) is 4.90 Å². The molecule has 1 amide bonds. The number of nitrogen functional groups attached to an aromatic ring is 1. The Hall–Kier alpha value is -2.69. The summed E-state index contributed by atoms with van der Waals surface area (Å²) in [5.74, 6) is -0.691. The van der Waals surface area contributed by atoms with E-state index >= 15 is 0 Å². The van der Waals surface area contributed by atoms with Crippen molar-refractivity contribution in [3.8, 4) is 11.5 Å². The van der Waals surface area contributed by atoms with E-state index in [4.69, 9.17) is 5.73 Å². The van der Waals surface area contributed by atoms with Gasteiger partial charge in [-0.3, -0.25) is 4.79 Å². The maximum Gasteiger partial charge on any atom is 0.254 e. The quantitative estimate of drug-likeness (QED) is 0.551. The lowest BCUT2D eigenvalue weighted by Crippen LogP contribution is -2.35. The molecule has 4 N–H and O–H groups in total. The molecule has 1 heterocycles. The zero-order valence-electron chi connectivity index (χ0n) is 11.4. The highest BCUT2D eigenvalue weighted by Crippen LogP contribution is 2.27. The summed E-state index contributed by atoms with van der Waals surface area (Å²) in [6.07, 6.45) is 0.783. The Bertz CT molecular complexity index is 713. The van der Waals surface area contributed by atoms with Gasteiger partial charge in [-0.05, 0) is 47.9 Å². The number of fused-ring (bicyclic) bond motifs is 1. The first-order valence-corrected chi connectivity index (χ1v) is 6.73. The number of rotatable bonds is 1. The highest BCUT2D eigenvalue weighted by Gasteiger charge is 2.22. The van der Waals surface area contributed by atoms with E-state index in [-0.39, 0.29) is 17.4 Å². The molecule has 0 saturated heterocycles. The number of hydrogen-bond acceptors (Lipinski definition) is 4. The molecule has 1 aliphatic heterocycles. The highest BCUT2D eigenvalue weighted by molar-refractivity contribution is 5.95. The largest absolute Gasteiger partial charge is 0.504 e. The molecule has 0 bridgehead atoms. The second-order valence-electron chi connectivity index (χ2n) is 5.21. The van der Waals surface area contributed by atoms with Gasteiger partial charge in [-0.1, -0.05) is 6.07 Å². The predicted molar refractivity (Wildman–Crippen MR) is 79.1 cm³/mol. The molecule has 2 aromatic carbocycles. The number of phenols is 2. The molecule has 0 unspecified atom stereocenters. The summed E-state index contributed by atoms with van der Waals surface area (Å²) >= 11 is 0. The van der Waals surface area contributed by atoms with Crippen LogP contribution in [-0.4, -0.2) is 27.6 Å². The van der Waals surface area contributed by atoms with Crippen LogP contribution in [0.25, 0.3) is 0 Å². The number of benzene rings is 2. The maximum atomic E-state index is 12.5. The molecule has 1 aliphatic rings. The zero-order valence-corrected chi connectivity index (χ0v) is 11.4. The van der Waals surface area contributed by atoms with Crippen molar-refractivity contribution in [2.75, 3.05) is 12.3 Å². The van der Waals surface area contributed by atoms with Crippen LogP contribution in [0.15, 0.2) is 36.4 Å². The van der Waals surface area contributed by atoms with Gasteiger partial charge in [-0.15, -0.1) is 0 Å². The van der Waals surface area contributed by atoms with Gasteiger partial charge < -0.3 is 20.8 Å². The summed E-state index contributed by atoms with van der Waals surface area (Å²) in [7, 11) is 0. The molecule has 0 spiro atoms. The molecule has 3 rings (SSSR count). The van der Waals surface area contributed by atoms with Gasteiger partial charge in [-0.2, -0.15) is 0 Å². The van der Waals surface area contributed by atoms with Crippen LogP contribution in [0.1, 0.15) is 21.5 Å². The first kappa shape index (κ1) is 13.3. The molecule has 21 heavy (non-hydrogen) atoms. The van der Waals surface area contributed by atoms with Crippen LogP contribution in [0.2, 0.25) is 0 Å². The standard InChI is InChI=1S/C16H16N2O3/c17-13-3-1-10-5-6-18(9-12(10)7-13)16(21)11-2-4-14(19)15(20)8-11/h1-4,7-8,19-20H,5-6,9,17H2. The monoisotopic (exact) mass is 284 g/mol. The summed E-state index contributed by atoms with van der Waals surface area (Å²) in [6, 6.07) is 9.87. The predicted octanol–water partition coefficient (Wildman–Crippen LogP) is 1.88. The van der Waals surface area contributed by atoms with Gasteiger partial charge in [0.1, 0.15) is 0 Å². The van der Waals surface area contributed by atoms with Gasteiger partial charge in [-0.25, -0.2) is 0 Å². The Balaban J connectivity index is 1.85. The van der Waals surface area contributed by atoms with Gasteiger partial charge in [0.25, 0.3) is 5.91 Å². The number of anilines is 1. The fraction of sp³-hybridized carbons (Fsp3) is 0.188. The van der Waals surface area contributed by atoms with Crippen molar-refractivity contribution in [3.63, 3.8) is 0 Å². The number of amides is 1. The molecule has 0 radical (unpaired) electrons. The zero-order chi connectivity index (χ0) is 15.0. The lowest BCUT2D eigenvalue weighted by atomic mass is 9.98. The van der Waals surface area contributed by atoms with E-state index in [0.29, 0.717) is 24.3 Å². The smallest absolute Gasteiger partial charge is 0.254 e. The lowest BCUT2D eigenvalue weighted by molar-refractivity contribution is 0.0734. The SMILES string of the molecule is Nc1ccc2c(c1)CN(C(=O)c1ccc(O)c(O)c1)CC2. The van der Waals surface area contributed by atoms with Crippen molar-refractivity contribution in [2.24, 2.45) is 0 Å². The second-order valence-corrected chi connectivity index (χ2v) is 5.21. The molecular formula is C16H16N2O3. The third kappa shape index (κ3) is 2.50. The average molecular weight is 284 g/mol. The number of phenolic OH excluding ortho intramolecular Hbond substituents is 2. The minimum Gasteiger partial charge on any atom is -0.504 e. The first-order chi connectivity index (χ1) is 10.0. The van der Waals surface area contributed by atoms with Crippen LogP contribution in [-0.2, 0) is 13.0 Å². The van der Waals surface area contributed by atoms with Crippen LogP contribution >= 0.6 is 0 Å². The second kappa shape index (κ2) is 5.01. The van der Waals surface area contributed by atoms with Gasteiger partial charge in [0.05, 0.1) is 0 Å². The molecule has 0 saturated carbocycles. The van der Waals surface area contributed by atoms with Crippen molar-refractivity contribution in [1.82, 2.24) is 4.90 Å². The molecule has 0 aromatic heterocycles. The Morgan fingerprint density at radius 2 is 1.86 bits per heavy atom. The average Bonchev–Trinajstić information content (AvgIpc) is 2.48. The fourth-order valence-electron chi connectivity index (χ4n) is 2.59. The number of hydrogen-bond donors (Lipinski definition) is 3.